The molecule has 5 aromatic carbocycles. The number of carbonyl (C=O) groups excluding carboxylic acids is 12. The Morgan fingerprint density at radius 3 is 1.18 bits per heavy atom. The van der Waals surface area contributed by atoms with Crippen LogP contribution in [0.15, 0.2) is 112 Å². The normalized spacial score (nSPS) is 11.2. The van der Waals surface area contributed by atoms with Crippen LogP contribution in [0, 0.1) is 69.2 Å². The van der Waals surface area contributed by atoms with Crippen molar-refractivity contribution in [3.63, 3.8) is 0 Å². The number of ether oxygens (including phenoxy) is 5. The van der Waals surface area contributed by atoms with E-state index in [1.807, 2.05) is 85.7 Å². The first-order valence-corrected chi connectivity index (χ1v) is 48.8. The Labute approximate surface area is 963 Å². The molecular weight excluding hydrogens is 2060 g/mol. The summed E-state index contributed by atoms with van der Waals surface area (Å²) < 4.78 is 49.5. The van der Waals surface area contributed by atoms with E-state index in [0.29, 0.717) is 77.6 Å². The Balaban J connectivity index is -0.000000250. The number of carboxylic acids is 4. The fourth-order valence-electron chi connectivity index (χ4n) is 12.2. The molecule has 1 aliphatic rings. The molecule has 0 aliphatic carbocycles. The topological polar surface area (TPSA) is 685 Å². The number of aldehydes is 1. The van der Waals surface area contributed by atoms with Gasteiger partial charge in [-0.05, 0) is 273 Å². The maximum atomic E-state index is 12.7. The molecule has 4 heterocycles. The number of nitrogens with one attached hydrogen (secondary N) is 5. The molecule has 9 rings (SSSR count). The van der Waals surface area contributed by atoms with Gasteiger partial charge in [-0.2, -0.15) is 0 Å². The van der Waals surface area contributed by atoms with Gasteiger partial charge in [0.25, 0.3) is 5.91 Å². The molecule has 0 bridgehead atoms. The molecular formula is C99H136Cl3N7Na4O34S. The monoisotopic (exact) mass is 2200 g/mol. The molecule has 8 aromatic rings. The Morgan fingerprint density at radius 2 is 0.831 bits per heavy atom. The van der Waals surface area contributed by atoms with Crippen molar-refractivity contribution in [1.29, 1.82) is 0 Å². The average Bonchev–Trinajstić information content (AvgIpc) is 0.798. The zero-order chi connectivity index (χ0) is 108. The van der Waals surface area contributed by atoms with Gasteiger partial charge in [0.1, 0.15) is 69.7 Å². The maximum absolute atomic E-state index is 12.7. The van der Waals surface area contributed by atoms with Crippen molar-refractivity contribution in [2.45, 2.75) is 214 Å². The number of aliphatic carboxylic acids is 3. The fourth-order valence-corrected chi connectivity index (χ4v) is 12.2. The Hall–Kier alpha value is -9.33. The molecule has 802 valence electrons. The Morgan fingerprint density at radius 1 is 0.493 bits per heavy atom. The second-order valence-corrected chi connectivity index (χ2v) is 39.4. The zero-order valence-corrected chi connectivity index (χ0v) is 98.7. The number of benzene rings is 5. The zero-order valence-electron chi connectivity index (χ0n) is 87.5. The summed E-state index contributed by atoms with van der Waals surface area (Å²) in [6, 6.07) is 19.3. The molecule has 4 amide bonds. The molecule has 49 heteroatoms. The van der Waals surface area contributed by atoms with Crippen molar-refractivity contribution >= 4 is 164 Å². The van der Waals surface area contributed by atoms with E-state index in [1.54, 1.807) is 93.5 Å². The number of nitrogens with two attached hydrogens (primary N) is 2. The summed E-state index contributed by atoms with van der Waals surface area (Å²) in [5.41, 5.74) is 16.8. The minimum Gasteiger partial charge on any atom is -0.872 e. The number of halogens is 3. The summed E-state index contributed by atoms with van der Waals surface area (Å²) in [7, 11) is 6.47. The number of hydrogen-bond donors (Lipinski definition) is 11. The van der Waals surface area contributed by atoms with Gasteiger partial charge in [0.15, 0.2) is 6.29 Å². The standard InChI is InChI=1S/C21H26N2O6.C14H14O4.C12H12O5.C12H10O4.C9H18N2O3.C9H10O2.C7H14N2O3.C7H12O4.C5H11N.C2H6Cl2O2S.CH4.ClH.4Na.H2O/c1-5-22-17(24)8-7-16(21(27)28-6-2)23-19(25)15-11-14-10-12(3)9-13(4)18(14)29-20(15)26;1-4-17-13(15)11-7-10-6-8(2)5-9(3)12(10)18-14(11)16;1-6-3-7(2)10(13)8(4-6)5-9(11(14)15)12(16)17;1-6-3-7(2)10-8(4-6)5-9(11(13)14)12(15)16-10;1-3-11-8(12)6-5-7(10)9(13)14-4-2;1-6-3-7(2)9(11)8(4-6)5-10;1-2-9-6(10)4-3-5(8)7(11)12;1-3-10-6(8)5-7(9)11-4-2;1-2-4-6-5-3-1;1-7(3,4,6)2-5;;;;;;;/h9-11,16H,5-8H2,1-4H3,(H,22,24)(H,23,25);5-7H,4H2,1-3H3;3-5,13H,1-2H3,(H,14,15)(H,16,17);3-5H,1-2H3,(H,13,14);7H,3-6,10H2,1-2H3,(H,11,12);3-5,11H,1-2H3;5H,2-4,8H2,1H3,(H,9,10)(H,11,12);3-5H2,1-2H3;6H,1-5H2;5H,2H2,1H3;1H4;1H;;;;;1H2/q;;;;;;;;;;;;4*+1;/p-4/t16-;;;;7-;;5-;;;;;;;;;;/m0...1.1........../s1. The van der Waals surface area contributed by atoms with Gasteiger partial charge >= 0.3 is 177 Å². The number of aryl methyl sites for hydroxylation is 10. The van der Waals surface area contributed by atoms with Crippen molar-refractivity contribution < 1.29 is 268 Å². The van der Waals surface area contributed by atoms with E-state index in [4.69, 9.17) is 75.6 Å². The number of rotatable bonds is 31. The van der Waals surface area contributed by atoms with Crippen LogP contribution in [0.2, 0.25) is 0 Å². The predicted octanol–water partition coefficient (Wildman–Crippen LogP) is -3.27. The predicted molar refractivity (Wildman–Crippen MR) is 540 cm³/mol. The summed E-state index contributed by atoms with van der Waals surface area (Å²) in [6.07, 6.45) is 7.45. The summed E-state index contributed by atoms with van der Waals surface area (Å²) in [5, 5.41) is 82.8. The van der Waals surface area contributed by atoms with E-state index in [1.165, 1.54) is 56.6 Å². The van der Waals surface area contributed by atoms with Gasteiger partial charge in [0.2, 0.25) is 17.7 Å². The molecule has 3 atom stereocenters. The first-order chi connectivity index (χ1) is 65.9. The van der Waals surface area contributed by atoms with Gasteiger partial charge in [0, 0.05) is 66.9 Å². The van der Waals surface area contributed by atoms with Crippen molar-refractivity contribution in [2.75, 3.05) is 78.0 Å². The fraction of sp³-hybridized carbons (Fsp3) is 0.444. The second-order valence-electron chi connectivity index (χ2n) is 31.2. The number of aliphatic hydroxyl groups excluding tert-OH is 1. The van der Waals surface area contributed by atoms with Crippen LogP contribution in [0.1, 0.15) is 230 Å². The molecule has 1 fully saturated rings. The molecule has 1 saturated heterocycles. The van der Waals surface area contributed by atoms with Crippen LogP contribution in [0.3, 0.4) is 0 Å². The molecule has 0 radical (unpaired) electrons. The van der Waals surface area contributed by atoms with E-state index in [-0.39, 0.29) is 254 Å². The van der Waals surface area contributed by atoms with Gasteiger partial charge in [-0.25, -0.2) is 28.8 Å². The average molecular weight is 2200 g/mol. The van der Waals surface area contributed by atoms with E-state index >= 15 is 0 Å². The number of aliphatic hydroxyl groups is 1. The van der Waals surface area contributed by atoms with Gasteiger partial charge in [-0.3, -0.25) is 47.4 Å². The van der Waals surface area contributed by atoms with Gasteiger partial charge in [-0.1, -0.05) is 83.8 Å². The third-order valence-corrected chi connectivity index (χ3v) is 19.7. The summed E-state index contributed by atoms with van der Waals surface area (Å²) in [6.45, 7) is 37.4. The second kappa shape index (κ2) is 80.6. The third-order valence-electron chi connectivity index (χ3n) is 18.6. The SMILES string of the molecule is C.C1CCNCC1.CCNC(=O)CC[C@@H](N)C(=O)O.CCNC(=O)CC[C@@H](N)C(=O)OCC.CCNC(=O)CC[C@H](NC(=O)c1cc2cc(C)cc(C)c2oc1=O)C(=O)OCC.CCOC(=O)CC(=O)OCC.CCOC(=O)c1cc2cc(C)cc(C)c2oc1=O.CS(=O)(Cl)(Cl)CO.Cc1cc(C)c(O)c(C=O)c1.Cc1cc(C)c([O-])c(C=C(C(=O)[O-])C(=O)[O-])c1.Cc1cc(C)c2oc(=O)c(C(=O)O)cc2c1.Cl.[Na+].[Na+].[Na+].[Na+].[OH-]. The van der Waals surface area contributed by atoms with Crippen molar-refractivity contribution in [3.05, 3.63) is 199 Å². The van der Waals surface area contributed by atoms with Crippen LogP contribution in [-0.2, 0) is 79.1 Å². The number of carboxylic acid groups (broad SMARTS) is 4. The molecule has 41 nitrogen and oxygen atoms in total. The quantitative estimate of drug-likeness (QED) is 0.00234. The molecule has 14 N–H and O–H groups in total. The van der Waals surface area contributed by atoms with Gasteiger partial charge in [-0.15, -0.1) is 12.4 Å². The maximum Gasteiger partial charge on any atom is 1.00 e. The van der Waals surface area contributed by atoms with Gasteiger partial charge in [0.05, 0.1) is 58.0 Å². The molecule has 148 heavy (non-hydrogen) atoms. The summed E-state index contributed by atoms with van der Waals surface area (Å²) in [4.78, 5) is 190. The van der Waals surface area contributed by atoms with Crippen LogP contribution in [0.25, 0.3) is 39.0 Å². The number of carbonyl (C=O) groups is 14. The number of fused-ring (bicyclic) bond motifs is 3. The van der Waals surface area contributed by atoms with E-state index in [0.717, 1.165) is 67.8 Å². The van der Waals surface area contributed by atoms with Crippen LogP contribution < -0.4 is 188 Å². The molecule has 0 saturated carbocycles. The number of esters is 5. The summed E-state index contributed by atoms with van der Waals surface area (Å²) in [5.74, 6) is -11.2. The number of amides is 4. The smallest absolute Gasteiger partial charge is 0.872 e. The number of aromatic carboxylic acids is 1. The number of phenols is 1. The largest absolute Gasteiger partial charge is 1.00 e. The van der Waals surface area contributed by atoms with E-state index in [2.05, 4.69) is 36.1 Å². The molecule has 0 unspecified atom stereocenters. The van der Waals surface area contributed by atoms with Gasteiger partial charge < -0.3 is 126 Å². The van der Waals surface area contributed by atoms with Crippen molar-refractivity contribution in [3.8, 4) is 11.5 Å². The Kier molecular flexibility index (Phi) is 83.8. The number of phenolic OH excluding ortho intramolecular Hbond substituents is 1. The Bertz CT molecular complexity index is 5900. The minimum absolute atomic E-state index is 0. The van der Waals surface area contributed by atoms with E-state index < -0.39 is 119 Å². The first kappa shape index (κ1) is 154. The van der Waals surface area contributed by atoms with Crippen LogP contribution in [0.5, 0.6) is 11.5 Å². The van der Waals surface area contributed by atoms with Crippen molar-refractivity contribution in [1.82, 2.24) is 26.6 Å². The van der Waals surface area contributed by atoms with Crippen LogP contribution >= 0.6 is 33.8 Å². The first-order valence-electron chi connectivity index (χ1n) is 44.6. The van der Waals surface area contributed by atoms with Crippen LogP contribution in [0.4, 0.5) is 0 Å². The van der Waals surface area contributed by atoms with E-state index in [9.17, 15) is 106 Å². The third kappa shape index (κ3) is 61.9. The number of piperidine rings is 1. The minimum atomic E-state index is -3.62. The number of hydrogen-bond acceptors (Lipinski definition) is 35. The van der Waals surface area contributed by atoms with Crippen molar-refractivity contribution in [2.24, 2.45) is 11.5 Å². The molecule has 0 spiro atoms. The number of aromatic hydroxyl groups is 1. The molecule has 1 aliphatic heterocycles. The molecule has 3 aromatic heterocycles. The summed E-state index contributed by atoms with van der Waals surface area (Å²) >= 11 is 0. The van der Waals surface area contributed by atoms with Crippen LogP contribution in [-0.4, -0.2) is 210 Å².